The van der Waals surface area contributed by atoms with Gasteiger partial charge in [0, 0.05) is 6.42 Å². The number of nitrogens with two attached hydrogens (primary N) is 1. The number of nitriles is 1. The van der Waals surface area contributed by atoms with Crippen LogP contribution in [0.3, 0.4) is 0 Å². The summed E-state index contributed by atoms with van der Waals surface area (Å²) in [6.07, 6.45) is 12.9. The van der Waals surface area contributed by atoms with Crippen LogP contribution in [0.5, 0.6) is 0 Å². The maximum atomic E-state index is 12.8. The number of aromatic nitrogens is 1. The van der Waals surface area contributed by atoms with Crippen molar-refractivity contribution < 1.29 is 44.7 Å². The average molecular weight is 620 g/mol. The Morgan fingerprint density at radius 2 is 1.93 bits per heavy atom. The smallest absolute Gasteiger partial charge is 0.442 e. The maximum Gasteiger partial charge on any atom is 2.00 e. The topological polar surface area (TPSA) is 105 Å². The van der Waals surface area contributed by atoms with E-state index in [1.165, 1.54) is 43.8 Å². The number of aliphatic imine (C=N–C) groups is 1. The van der Waals surface area contributed by atoms with Gasteiger partial charge in [-0.15, -0.1) is 29.8 Å². The molecular formula is C21H23FN4O2U. The number of Topliss-reactive ketones (excluding diaryl/α,β-unsaturated/α-hetero) is 1. The summed E-state index contributed by atoms with van der Waals surface area (Å²) in [5, 5.41) is 9.04. The van der Waals surface area contributed by atoms with Crippen molar-refractivity contribution in [3.05, 3.63) is 65.8 Å². The molecule has 2 aromatic rings. The fourth-order valence-corrected chi connectivity index (χ4v) is 2.19. The molecule has 2 rings (SSSR count). The molecule has 0 atom stereocenters. The molecule has 6 nitrogen and oxygen atoms in total. The molecule has 0 saturated heterocycles. The molecule has 150 valence electrons. The van der Waals surface area contributed by atoms with Crippen molar-refractivity contribution in [2.75, 3.05) is 7.05 Å². The van der Waals surface area contributed by atoms with E-state index in [2.05, 4.69) is 28.0 Å². The number of allylic oxidation sites excluding steroid dienone is 2. The van der Waals surface area contributed by atoms with Crippen molar-refractivity contribution in [2.45, 2.75) is 38.5 Å². The van der Waals surface area contributed by atoms with E-state index in [-0.39, 0.29) is 54.3 Å². The maximum absolute atomic E-state index is 12.8. The fourth-order valence-electron chi connectivity index (χ4n) is 2.19. The standard InChI is InChI=1S/C20H18FN3O2.CH5N.U/c21-17-10-8-16(9-11-17)15-24-18(14-22)6-4-2-1-3-5-7-19(25)20-23-12-13-26-20;1-2;/h8-13H,1-5,7H2;2H2,1H3;/q-2;;+2. The van der Waals surface area contributed by atoms with Crippen LogP contribution in [0, 0.1) is 54.3 Å². The number of hydrogen-bond acceptors (Lipinski definition) is 6. The van der Waals surface area contributed by atoms with Gasteiger partial charge in [-0.05, 0) is 19.7 Å². The molecule has 2 N–H and O–H groups in total. The molecule has 1 heterocycles. The number of unbranched alkanes of at least 4 members (excludes halogenated alkanes) is 4. The largest absolute Gasteiger partial charge is 2.00 e. The molecule has 0 spiro atoms. The molecular weight excluding hydrogens is 597 g/mol. The molecule has 0 fully saturated rings. The summed E-state index contributed by atoms with van der Waals surface area (Å²) >= 11 is 0. The third-order valence-electron chi connectivity index (χ3n) is 3.54. The van der Waals surface area contributed by atoms with Crippen LogP contribution >= 0.6 is 0 Å². The molecule has 29 heavy (non-hydrogen) atoms. The zero-order valence-corrected chi connectivity index (χ0v) is 20.5. The van der Waals surface area contributed by atoms with Crippen LogP contribution in [0.25, 0.3) is 0 Å². The molecule has 0 aliphatic carbocycles. The van der Waals surface area contributed by atoms with Gasteiger partial charge >= 0.3 is 31.1 Å². The van der Waals surface area contributed by atoms with E-state index in [9.17, 15) is 9.18 Å². The monoisotopic (exact) mass is 620 g/mol. The van der Waals surface area contributed by atoms with Gasteiger partial charge in [0.15, 0.2) is 0 Å². The first-order valence-electron chi connectivity index (χ1n) is 8.92. The predicted molar refractivity (Wildman–Crippen MR) is 104 cm³/mol. The zero-order chi connectivity index (χ0) is 20.6. The number of halogens is 1. The summed E-state index contributed by atoms with van der Waals surface area (Å²) in [5.74, 6) is -0.255. The summed E-state index contributed by atoms with van der Waals surface area (Å²) in [6.45, 7) is 0. The van der Waals surface area contributed by atoms with Gasteiger partial charge in [0.1, 0.15) is 12.1 Å². The van der Waals surface area contributed by atoms with Crippen LogP contribution < -0.4 is 5.73 Å². The molecule has 0 radical (unpaired) electrons. The van der Waals surface area contributed by atoms with E-state index in [0.29, 0.717) is 18.4 Å². The van der Waals surface area contributed by atoms with E-state index in [4.69, 9.17) is 9.68 Å². The minimum atomic E-state index is -0.333. The Bertz CT molecular complexity index is 797. The third-order valence-corrected chi connectivity index (χ3v) is 3.54. The zero-order valence-electron chi connectivity index (χ0n) is 16.3. The van der Waals surface area contributed by atoms with Gasteiger partial charge in [0.25, 0.3) is 5.89 Å². The van der Waals surface area contributed by atoms with Crippen LogP contribution in [-0.2, 0) is 0 Å². The molecule has 1 aromatic carbocycles. The van der Waals surface area contributed by atoms with E-state index in [1.54, 1.807) is 0 Å². The summed E-state index contributed by atoms with van der Waals surface area (Å²) < 4.78 is 17.8. The molecule has 0 amide bonds. The summed E-state index contributed by atoms with van der Waals surface area (Å²) in [5.41, 5.74) is 5.25. The van der Waals surface area contributed by atoms with Gasteiger partial charge in [-0.3, -0.25) is 10.9 Å². The Hall–Kier alpha value is -2.06. The van der Waals surface area contributed by atoms with Gasteiger partial charge in [-0.25, -0.2) is 9.37 Å². The number of ketones is 1. The Morgan fingerprint density at radius 3 is 2.55 bits per heavy atom. The summed E-state index contributed by atoms with van der Waals surface area (Å²) in [6, 6.07) is 7.65. The van der Waals surface area contributed by atoms with E-state index in [0.717, 1.165) is 25.7 Å². The quantitative estimate of drug-likeness (QED) is 0.142. The Labute approximate surface area is 194 Å². The number of rotatable bonds is 10. The second-order valence-electron chi connectivity index (χ2n) is 5.54. The first-order chi connectivity index (χ1) is 13.7. The van der Waals surface area contributed by atoms with Crippen molar-refractivity contribution >= 4 is 12.0 Å². The van der Waals surface area contributed by atoms with Crippen molar-refractivity contribution in [2.24, 2.45) is 10.7 Å². The molecule has 0 unspecified atom stereocenters. The SMILES string of the molecule is CN.N#CC(=[C-]CCCCCCC(=O)c1ncco1)N=[C-]c1ccc(F)cc1.[U+2]. The van der Waals surface area contributed by atoms with Crippen molar-refractivity contribution in [3.63, 3.8) is 0 Å². The average Bonchev–Trinajstić information content (AvgIpc) is 3.27. The van der Waals surface area contributed by atoms with E-state index < -0.39 is 0 Å². The number of hydrogen-bond donors (Lipinski definition) is 1. The van der Waals surface area contributed by atoms with Gasteiger partial charge < -0.3 is 20.4 Å². The number of oxazole rings is 1. The third kappa shape index (κ3) is 11.5. The molecule has 0 aliphatic heterocycles. The Kier molecular flexibility index (Phi) is 15.7. The van der Waals surface area contributed by atoms with Crippen molar-refractivity contribution in [1.29, 1.82) is 5.26 Å². The van der Waals surface area contributed by atoms with Crippen LogP contribution in [0.1, 0.15) is 54.8 Å². The van der Waals surface area contributed by atoms with Crippen molar-refractivity contribution in [3.8, 4) is 6.07 Å². The molecule has 0 bridgehead atoms. The minimum absolute atomic E-state index is 0. The van der Waals surface area contributed by atoms with Crippen LogP contribution in [-0.4, -0.2) is 24.0 Å². The number of carbonyl (C=O) groups excluding carboxylic acids is 1. The minimum Gasteiger partial charge on any atom is -0.442 e. The van der Waals surface area contributed by atoms with Gasteiger partial charge in [0.05, 0.1) is 6.20 Å². The van der Waals surface area contributed by atoms with Gasteiger partial charge in [-0.1, -0.05) is 31.4 Å². The first-order valence-corrected chi connectivity index (χ1v) is 8.92. The van der Waals surface area contributed by atoms with Gasteiger partial charge in [-0.2, -0.15) is 6.07 Å². The molecule has 1 aromatic heterocycles. The summed E-state index contributed by atoms with van der Waals surface area (Å²) in [4.78, 5) is 19.4. The Balaban J connectivity index is 0.00000253. The van der Waals surface area contributed by atoms with E-state index in [1.807, 2.05) is 6.07 Å². The number of benzene rings is 1. The van der Waals surface area contributed by atoms with E-state index >= 15 is 0 Å². The molecule has 0 saturated carbocycles. The second-order valence-corrected chi connectivity index (χ2v) is 5.54. The normalized spacial score (nSPS) is 10.6. The summed E-state index contributed by atoms with van der Waals surface area (Å²) in [7, 11) is 1.50. The van der Waals surface area contributed by atoms with Crippen molar-refractivity contribution in [1.82, 2.24) is 4.98 Å². The molecule has 8 heteroatoms. The second kappa shape index (κ2) is 16.9. The number of carbonyl (C=O) groups is 1. The Morgan fingerprint density at radius 1 is 1.24 bits per heavy atom. The van der Waals surface area contributed by atoms with Crippen LogP contribution in [0.15, 0.2) is 51.8 Å². The van der Waals surface area contributed by atoms with Crippen LogP contribution in [0.2, 0.25) is 0 Å². The van der Waals surface area contributed by atoms with Gasteiger partial charge in [0.2, 0.25) is 5.78 Å². The molecule has 0 aliphatic rings. The fraction of sp³-hybridized carbons (Fsp3) is 0.333. The predicted octanol–water partition coefficient (Wildman–Crippen LogP) is 4.12. The number of nitrogens with zero attached hydrogens (tertiary/aromatic N) is 3. The first kappa shape index (κ1) is 26.9. The van der Waals surface area contributed by atoms with Crippen LogP contribution in [0.4, 0.5) is 4.39 Å².